The number of imidazole rings is 1. The number of rotatable bonds is 11. The number of nitrogens with zero attached hydrogens (tertiary/aromatic N) is 3. The van der Waals surface area contributed by atoms with Gasteiger partial charge in [0.25, 0.3) is 0 Å². The zero-order chi connectivity index (χ0) is 25.1. The standard InChI is InChI=1S/C20H24N6O6.C2H6/c1-31-8-9-32-19-24-17(21)16-18(25-19)26(20(30)23-16)11-13-4-2-12(3-5-13)10-22-14(27)6-7-15(28)29;1-2/h2-5H,6-11H2,1H3,(H,22,27)(H,23,30)(H,28,29)(H2,21,24,25);1-2H3. The van der Waals surface area contributed by atoms with Crippen LogP contribution < -0.4 is 21.5 Å². The molecule has 0 unspecified atom stereocenters. The molecule has 0 spiro atoms. The number of H-pyrrole nitrogens is 1. The third-order valence-corrected chi connectivity index (χ3v) is 4.57. The summed E-state index contributed by atoms with van der Waals surface area (Å²) < 4.78 is 11.8. The van der Waals surface area contributed by atoms with Gasteiger partial charge in [0.2, 0.25) is 5.91 Å². The highest BCUT2D eigenvalue weighted by molar-refractivity contribution is 5.82. The van der Waals surface area contributed by atoms with Crippen molar-refractivity contribution in [3.05, 3.63) is 45.9 Å². The number of carboxylic acids is 1. The highest BCUT2D eigenvalue weighted by atomic mass is 16.5. The second-order valence-corrected chi connectivity index (χ2v) is 6.93. The summed E-state index contributed by atoms with van der Waals surface area (Å²) in [6.07, 6.45) is -0.281. The van der Waals surface area contributed by atoms with Gasteiger partial charge in [-0.2, -0.15) is 9.97 Å². The first kappa shape index (κ1) is 26.3. The lowest BCUT2D eigenvalue weighted by Crippen LogP contribution is -2.23. The van der Waals surface area contributed by atoms with Gasteiger partial charge in [0.15, 0.2) is 11.5 Å². The summed E-state index contributed by atoms with van der Waals surface area (Å²) in [5.74, 6) is -1.24. The number of ether oxygens (including phenoxy) is 2. The van der Waals surface area contributed by atoms with Gasteiger partial charge in [-0.05, 0) is 11.1 Å². The Bertz CT molecular complexity index is 1160. The molecule has 0 bridgehead atoms. The van der Waals surface area contributed by atoms with E-state index in [1.165, 1.54) is 4.57 Å². The van der Waals surface area contributed by atoms with Crippen molar-refractivity contribution in [3.8, 4) is 6.01 Å². The van der Waals surface area contributed by atoms with Crippen molar-refractivity contribution in [2.75, 3.05) is 26.1 Å². The number of hydrogen-bond acceptors (Lipinski definition) is 8. The van der Waals surface area contributed by atoms with E-state index < -0.39 is 5.97 Å². The first-order valence-electron chi connectivity index (χ1n) is 10.8. The van der Waals surface area contributed by atoms with E-state index in [4.69, 9.17) is 20.3 Å². The van der Waals surface area contributed by atoms with Crippen LogP contribution in [0.1, 0.15) is 37.8 Å². The highest BCUT2D eigenvalue weighted by Crippen LogP contribution is 2.18. The van der Waals surface area contributed by atoms with Crippen LogP contribution in [0.5, 0.6) is 6.01 Å². The Labute approximate surface area is 196 Å². The second kappa shape index (κ2) is 12.9. The number of aromatic amines is 1. The van der Waals surface area contributed by atoms with Crippen LogP contribution in [0.3, 0.4) is 0 Å². The van der Waals surface area contributed by atoms with Gasteiger partial charge in [-0.3, -0.25) is 14.2 Å². The van der Waals surface area contributed by atoms with Gasteiger partial charge in [-0.25, -0.2) is 4.79 Å². The topological polar surface area (TPSA) is 174 Å². The van der Waals surface area contributed by atoms with Crippen molar-refractivity contribution in [2.24, 2.45) is 0 Å². The van der Waals surface area contributed by atoms with E-state index in [9.17, 15) is 14.4 Å². The molecule has 1 amide bonds. The number of benzene rings is 1. The molecule has 0 atom stereocenters. The minimum Gasteiger partial charge on any atom is -0.481 e. The van der Waals surface area contributed by atoms with Gasteiger partial charge in [-0.1, -0.05) is 38.1 Å². The summed E-state index contributed by atoms with van der Waals surface area (Å²) >= 11 is 0. The number of carbonyl (C=O) groups is 2. The van der Waals surface area contributed by atoms with Gasteiger partial charge < -0.3 is 30.6 Å². The zero-order valence-electron chi connectivity index (χ0n) is 19.5. The minimum atomic E-state index is -1.02. The van der Waals surface area contributed by atoms with Crippen LogP contribution in [-0.2, 0) is 27.4 Å². The maximum atomic E-state index is 12.5. The number of nitrogens with one attached hydrogen (secondary N) is 2. The lowest BCUT2D eigenvalue weighted by Gasteiger charge is -2.08. The number of aromatic nitrogens is 4. The fourth-order valence-electron chi connectivity index (χ4n) is 2.91. The fraction of sp³-hybridized carbons (Fsp3) is 0.409. The molecule has 2 aromatic heterocycles. The summed E-state index contributed by atoms with van der Waals surface area (Å²) in [5, 5.41) is 11.3. The summed E-state index contributed by atoms with van der Waals surface area (Å²) in [5.41, 5.74) is 7.87. The van der Waals surface area contributed by atoms with Crippen molar-refractivity contribution >= 4 is 28.9 Å². The Balaban J connectivity index is 0.00000199. The Morgan fingerprint density at radius 2 is 1.79 bits per heavy atom. The number of carbonyl (C=O) groups excluding carboxylic acids is 1. The summed E-state index contributed by atoms with van der Waals surface area (Å²) in [6, 6.07) is 7.33. The van der Waals surface area contributed by atoms with E-state index in [2.05, 4.69) is 20.3 Å². The Kier molecular flexibility index (Phi) is 10.0. The largest absolute Gasteiger partial charge is 0.481 e. The van der Waals surface area contributed by atoms with Crippen LogP contribution in [0, 0.1) is 0 Å². The minimum absolute atomic E-state index is 0.0498. The molecule has 3 aromatic rings. The SMILES string of the molecule is CC.COCCOc1nc(N)c2[nH]c(=O)n(Cc3ccc(CNC(=O)CCC(=O)O)cc3)c2n1. The van der Waals surface area contributed by atoms with Crippen molar-refractivity contribution < 1.29 is 24.2 Å². The Morgan fingerprint density at radius 1 is 1.12 bits per heavy atom. The average molecular weight is 475 g/mol. The average Bonchev–Trinajstić information content (AvgIpc) is 3.14. The first-order chi connectivity index (χ1) is 16.4. The van der Waals surface area contributed by atoms with Gasteiger partial charge >= 0.3 is 17.7 Å². The van der Waals surface area contributed by atoms with Gasteiger partial charge in [0, 0.05) is 20.1 Å². The number of carboxylic acid groups (broad SMARTS) is 1. The van der Waals surface area contributed by atoms with Crippen molar-refractivity contribution in [1.29, 1.82) is 0 Å². The quantitative estimate of drug-likeness (QED) is 0.298. The van der Waals surface area contributed by atoms with Crippen LogP contribution in [0.25, 0.3) is 11.2 Å². The number of hydrogen-bond donors (Lipinski definition) is 4. The van der Waals surface area contributed by atoms with Crippen LogP contribution >= 0.6 is 0 Å². The number of nitrogens with two attached hydrogens (primary N) is 1. The van der Waals surface area contributed by atoms with E-state index >= 15 is 0 Å². The van der Waals surface area contributed by atoms with E-state index in [1.807, 2.05) is 38.1 Å². The number of aliphatic carboxylic acids is 1. The third-order valence-electron chi connectivity index (χ3n) is 4.57. The molecule has 12 heteroatoms. The molecule has 12 nitrogen and oxygen atoms in total. The molecule has 184 valence electrons. The molecule has 0 saturated heterocycles. The third kappa shape index (κ3) is 7.30. The predicted molar refractivity (Wildman–Crippen MR) is 126 cm³/mol. The van der Waals surface area contributed by atoms with E-state index in [0.717, 1.165) is 11.1 Å². The highest BCUT2D eigenvalue weighted by Gasteiger charge is 2.15. The molecule has 0 aliphatic rings. The molecule has 2 heterocycles. The molecule has 0 aliphatic carbocycles. The van der Waals surface area contributed by atoms with Crippen LogP contribution in [0.15, 0.2) is 29.1 Å². The number of fused-ring (bicyclic) bond motifs is 1. The second-order valence-electron chi connectivity index (χ2n) is 6.93. The van der Waals surface area contributed by atoms with Crippen LogP contribution in [-0.4, -0.2) is 56.8 Å². The van der Waals surface area contributed by atoms with E-state index in [-0.39, 0.29) is 56.0 Å². The predicted octanol–water partition coefficient (Wildman–Crippen LogP) is 1.28. The van der Waals surface area contributed by atoms with Crippen molar-refractivity contribution in [1.82, 2.24) is 24.8 Å². The maximum absolute atomic E-state index is 12.5. The number of amides is 1. The van der Waals surface area contributed by atoms with Crippen LogP contribution in [0.4, 0.5) is 5.82 Å². The number of nitrogen functional groups attached to an aromatic ring is 1. The van der Waals surface area contributed by atoms with Gasteiger partial charge in [-0.15, -0.1) is 0 Å². The zero-order valence-corrected chi connectivity index (χ0v) is 19.5. The molecule has 3 rings (SSSR count). The number of anilines is 1. The van der Waals surface area contributed by atoms with Crippen molar-refractivity contribution in [2.45, 2.75) is 39.8 Å². The molecular formula is C22H30N6O6. The van der Waals surface area contributed by atoms with E-state index in [0.29, 0.717) is 17.8 Å². The molecular weight excluding hydrogens is 444 g/mol. The smallest absolute Gasteiger partial charge is 0.328 e. The molecule has 0 radical (unpaired) electrons. The summed E-state index contributed by atoms with van der Waals surface area (Å²) in [4.78, 5) is 45.6. The summed E-state index contributed by atoms with van der Waals surface area (Å²) in [6.45, 7) is 5.10. The lowest BCUT2D eigenvalue weighted by molar-refractivity contribution is -0.138. The van der Waals surface area contributed by atoms with Crippen LogP contribution in [0.2, 0.25) is 0 Å². The fourth-order valence-corrected chi connectivity index (χ4v) is 2.91. The Hall–Kier alpha value is -3.93. The molecule has 0 saturated carbocycles. The van der Waals surface area contributed by atoms with Gasteiger partial charge in [0.1, 0.15) is 12.1 Å². The van der Waals surface area contributed by atoms with Gasteiger partial charge in [0.05, 0.1) is 19.6 Å². The summed E-state index contributed by atoms with van der Waals surface area (Å²) in [7, 11) is 1.55. The molecule has 34 heavy (non-hydrogen) atoms. The Morgan fingerprint density at radius 3 is 2.44 bits per heavy atom. The van der Waals surface area contributed by atoms with Crippen molar-refractivity contribution in [3.63, 3.8) is 0 Å². The normalized spacial score (nSPS) is 10.4. The maximum Gasteiger partial charge on any atom is 0.328 e. The molecule has 5 N–H and O–H groups in total. The van der Waals surface area contributed by atoms with E-state index in [1.54, 1.807) is 7.11 Å². The molecule has 1 aromatic carbocycles. The monoisotopic (exact) mass is 474 g/mol. The lowest BCUT2D eigenvalue weighted by atomic mass is 10.1. The molecule has 0 fully saturated rings. The first-order valence-corrected chi connectivity index (χ1v) is 10.8. The molecule has 0 aliphatic heterocycles. The number of methoxy groups -OCH3 is 1.